The molecule has 120 valence electrons. The van der Waals surface area contributed by atoms with Crippen molar-refractivity contribution in [1.29, 1.82) is 0 Å². The molecule has 0 aliphatic rings. The normalized spacial score (nSPS) is 15.7. The molecule has 0 aliphatic heterocycles. The summed E-state index contributed by atoms with van der Waals surface area (Å²) in [7, 11) is -3.47. The SMILES string of the molecule is CCNC(CS(=O)(=O)CC(=O)OC(C)(C)C)C(C)CC. The molecule has 0 saturated carbocycles. The quantitative estimate of drug-likeness (QED) is 0.692. The molecular formula is C14H29NO4S. The standard InChI is InChI=1S/C14H29NO4S/c1-7-11(3)12(15-8-2)9-20(17,18)10-13(16)19-14(4,5)6/h11-12,15H,7-10H2,1-6H3. The minimum absolute atomic E-state index is 0.0326. The first-order valence-electron chi connectivity index (χ1n) is 7.16. The predicted octanol–water partition coefficient (Wildman–Crippen LogP) is 1.77. The lowest BCUT2D eigenvalue weighted by Crippen LogP contribution is -2.42. The van der Waals surface area contributed by atoms with E-state index in [1.54, 1.807) is 20.8 Å². The molecule has 0 bridgehead atoms. The average Bonchev–Trinajstić information content (AvgIpc) is 2.23. The fourth-order valence-electron chi connectivity index (χ4n) is 1.85. The molecule has 20 heavy (non-hydrogen) atoms. The molecule has 5 nitrogen and oxygen atoms in total. The molecule has 0 aliphatic carbocycles. The van der Waals surface area contributed by atoms with Crippen LogP contribution in [0.1, 0.15) is 48.0 Å². The summed E-state index contributed by atoms with van der Waals surface area (Å²) in [6, 6.07) is -0.127. The van der Waals surface area contributed by atoms with E-state index < -0.39 is 27.2 Å². The molecule has 1 N–H and O–H groups in total. The van der Waals surface area contributed by atoms with E-state index in [-0.39, 0.29) is 17.7 Å². The third-order valence-corrected chi connectivity index (χ3v) is 4.53. The minimum Gasteiger partial charge on any atom is -0.459 e. The Balaban J connectivity index is 4.67. The van der Waals surface area contributed by atoms with Gasteiger partial charge in [0, 0.05) is 6.04 Å². The van der Waals surface area contributed by atoms with Crippen molar-refractivity contribution < 1.29 is 17.9 Å². The summed E-state index contributed by atoms with van der Waals surface area (Å²) in [5.41, 5.74) is -0.662. The van der Waals surface area contributed by atoms with Crippen LogP contribution in [0.15, 0.2) is 0 Å². The van der Waals surface area contributed by atoms with Gasteiger partial charge in [-0.25, -0.2) is 8.42 Å². The van der Waals surface area contributed by atoms with Gasteiger partial charge in [0.1, 0.15) is 11.4 Å². The number of sulfone groups is 1. The van der Waals surface area contributed by atoms with Crippen LogP contribution < -0.4 is 5.32 Å². The molecule has 2 atom stereocenters. The highest BCUT2D eigenvalue weighted by molar-refractivity contribution is 7.92. The van der Waals surface area contributed by atoms with Gasteiger partial charge < -0.3 is 10.1 Å². The molecule has 0 heterocycles. The smallest absolute Gasteiger partial charge is 0.321 e. The van der Waals surface area contributed by atoms with E-state index in [1.165, 1.54) is 0 Å². The Hall–Kier alpha value is -0.620. The number of esters is 1. The summed E-state index contributed by atoms with van der Waals surface area (Å²) in [5, 5.41) is 3.18. The van der Waals surface area contributed by atoms with Crippen molar-refractivity contribution in [2.24, 2.45) is 5.92 Å². The van der Waals surface area contributed by atoms with E-state index in [0.29, 0.717) is 6.54 Å². The van der Waals surface area contributed by atoms with Gasteiger partial charge in [-0.2, -0.15) is 0 Å². The second-order valence-electron chi connectivity index (χ2n) is 6.19. The zero-order valence-electron chi connectivity index (χ0n) is 13.5. The van der Waals surface area contributed by atoms with Crippen molar-refractivity contribution in [1.82, 2.24) is 5.32 Å². The van der Waals surface area contributed by atoms with Gasteiger partial charge in [-0.15, -0.1) is 0 Å². The fourth-order valence-corrected chi connectivity index (χ4v) is 3.38. The summed E-state index contributed by atoms with van der Waals surface area (Å²) < 4.78 is 29.2. The Morgan fingerprint density at radius 3 is 2.20 bits per heavy atom. The molecule has 0 saturated heterocycles. The Morgan fingerprint density at radius 2 is 1.80 bits per heavy atom. The first-order valence-corrected chi connectivity index (χ1v) is 8.98. The molecule has 0 amide bonds. The summed E-state index contributed by atoms with van der Waals surface area (Å²) in [4.78, 5) is 11.6. The minimum atomic E-state index is -3.47. The molecule has 2 unspecified atom stereocenters. The zero-order valence-corrected chi connectivity index (χ0v) is 14.3. The largest absolute Gasteiger partial charge is 0.459 e. The van der Waals surface area contributed by atoms with Gasteiger partial charge in [0.05, 0.1) is 5.75 Å². The average molecular weight is 307 g/mol. The Bertz CT molecular complexity index is 398. The molecule has 0 aromatic heterocycles. The number of hydrogen-bond acceptors (Lipinski definition) is 5. The number of nitrogens with one attached hydrogen (secondary N) is 1. The Morgan fingerprint density at radius 1 is 1.25 bits per heavy atom. The Labute approximate surface area is 123 Å². The van der Waals surface area contributed by atoms with Crippen LogP contribution in [0.5, 0.6) is 0 Å². The fraction of sp³-hybridized carbons (Fsp3) is 0.929. The monoisotopic (exact) mass is 307 g/mol. The lowest BCUT2D eigenvalue weighted by Gasteiger charge is -2.24. The molecule has 6 heteroatoms. The van der Waals surface area contributed by atoms with E-state index in [4.69, 9.17) is 4.74 Å². The summed E-state index contributed by atoms with van der Waals surface area (Å²) >= 11 is 0. The summed E-state index contributed by atoms with van der Waals surface area (Å²) in [5.74, 6) is -1.03. The first kappa shape index (κ1) is 19.4. The number of hydrogen-bond donors (Lipinski definition) is 1. The van der Waals surface area contributed by atoms with Gasteiger partial charge >= 0.3 is 5.97 Å². The van der Waals surface area contributed by atoms with E-state index in [9.17, 15) is 13.2 Å². The maximum absolute atomic E-state index is 12.1. The molecule has 0 radical (unpaired) electrons. The van der Waals surface area contributed by atoms with Crippen molar-refractivity contribution >= 4 is 15.8 Å². The predicted molar refractivity (Wildman–Crippen MR) is 81.4 cm³/mol. The van der Waals surface area contributed by atoms with Gasteiger partial charge in [-0.3, -0.25) is 4.79 Å². The maximum Gasteiger partial charge on any atom is 0.321 e. The lowest BCUT2D eigenvalue weighted by atomic mass is 10.0. The number of carbonyl (C=O) groups excluding carboxylic acids is 1. The van der Waals surface area contributed by atoms with Crippen LogP contribution in [-0.2, 0) is 19.4 Å². The number of ether oxygens (including phenoxy) is 1. The van der Waals surface area contributed by atoms with Gasteiger partial charge in [0.2, 0.25) is 0 Å². The van der Waals surface area contributed by atoms with E-state index in [1.807, 2.05) is 20.8 Å². The van der Waals surface area contributed by atoms with Crippen LogP contribution in [0, 0.1) is 5.92 Å². The molecule has 0 rings (SSSR count). The van der Waals surface area contributed by atoms with E-state index >= 15 is 0 Å². The van der Waals surface area contributed by atoms with Crippen LogP contribution in [-0.4, -0.2) is 44.1 Å². The number of carbonyl (C=O) groups is 1. The van der Waals surface area contributed by atoms with Crippen LogP contribution >= 0.6 is 0 Å². The van der Waals surface area contributed by atoms with E-state index in [0.717, 1.165) is 6.42 Å². The van der Waals surface area contributed by atoms with Crippen LogP contribution in [0.3, 0.4) is 0 Å². The van der Waals surface area contributed by atoms with E-state index in [2.05, 4.69) is 5.32 Å². The van der Waals surface area contributed by atoms with Crippen molar-refractivity contribution in [3.05, 3.63) is 0 Å². The van der Waals surface area contributed by atoms with Gasteiger partial charge in [0.15, 0.2) is 9.84 Å². The highest BCUT2D eigenvalue weighted by atomic mass is 32.2. The second-order valence-corrected chi connectivity index (χ2v) is 8.30. The van der Waals surface area contributed by atoms with Crippen molar-refractivity contribution in [2.45, 2.75) is 59.6 Å². The topological polar surface area (TPSA) is 72.5 Å². The van der Waals surface area contributed by atoms with Gasteiger partial charge in [-0.05, 0) is 33.2 Å². The number of rotatable bonds is 8. The van der Waals surface area contributed by atoms with Gasteiger partial charge in [-0.1, -0.05) is 27.2 Å². The van der Waals surface area contributed by atoms with Crippen molar-refractivity contribution in [3.8, 4) is 0 Å². The van der Waals surface area contributed by atoms with Crippen LogP contribution in [0.4, 0.5) is 0 Å². The highest BCUT2D eigenvalue weighted by Crippen LogP contribution is 2.12. The molecule has 0 aromatic carbocycles. The first-order chi connectivity index (χ1) is 9.00. The summed E-state index contributed by atoms with van der Waals surface area (Å²) in [6.07, 6.45) is 0.889. The molecular weight excluding hydrogens is 278 g/mol. The lowest BCUT2D eigenvalue weighted by molar-refractivity contribution is -0.151. The van der Waals surface area contributed by atoms with Gasteiger partial charge in [0.25, 0.3) is 0 Å². The molecule has 0 spiro atoms. The third-order valence-electron chi connectivity index (χ3n) is 2.99. The maximum atomic E-state index is 12.1. The highest BCUT2D eigenvalue weighted by Gasteiger charge is 2.27. The van der Waals surface area contributed by atoms with Crippen molar-refractivity contribution in [3.63, 3.8) is 0 Å². The third kappa shape index (κ3) is 8.53. The molecule has 0 fully saturated rings. The second kappa shape index (κ2) is 7.98. The Kier molecular flexibility index (Phi) is 7.73. The zero-order chi connectivity index (χ0) is 16.0. The molecule has 0 aromatic rings. The van der Waals surface area contributed by atoms with Crippen LogP contribution in [0.2, 0.25) is 0 Å². The van der Waals surface area contributed by atoms with Crippen molar-refractivity contribution in [2.75, 3.05) is 18.1 Å². The van der Waals surface area contributed by atoms with Crippen LogP contribution in [0.25, 0.3) is 0 Å². The summed E-state index contributed by atoms with van der Waals surface area (Å²) in [6.45, 7) is 11.8.